The van der Waals surface area contributed by atoms with E-state index in [1.165, 1.54) is 13.2 Å². The van der Waals surface area contributed by atoms with Gasteiger partial charge in [0.25, 0.3) is 0 Å². The Kier molecular flexibility index (Phi) is 4.52. The van der Waals surface area contributed by atoms with Gasteiger partial charge in [0.05, 0.1) is 7.11 Å². The van der Waals surface area contributed by atoms with E-state index >= 15 is 4.39 Å². The molecule has 0 aliphatic carbocycles. The van der Waals surface area contributed by atoms with E-state index in [0.717, 1.165) is 11.1 Å². The Hall–Kier alpha value is -2.59. The summed E-state index contributed by atoms with van der Waals surface area (Å²) in [4.78, 5) is 0. The standard InChI is InChI=1S/C22H17ClF2O2/c1-12-7-9-18(26-2)22(25)20(12)21-14-11-19(13-5-3-4-6-16(13)24)27-17(14)10-8-15(21)23/h3-10,19H,11H2,1-2H3. The van der Waals surface area contributed by atoms with Gasteiger partial charge < -0.3 is 9.47 Å². The van der Waals surface area contributed by atoms with Gasteiger partial charge in [-0.1, -0.05) is 35.9 Å². The minimum absolute atomic E-state index is 0.147. The average molecular weight is 387 g/mol. The summed E-state index contributed by atoms with van der Waals surface area (Å²) < 4.78 is 40.4. The number of hydrogen-bond acceptors (Lipinski definition) is 2. The van der Waals surface area contributed by atoms with Crippen LogP contribution in [0, 0.1) is 18.6 Å². The van der Waals surface area contributed by atoms with Crippen molar-refractivity contribution in [2.45, 2.75) is 19.4 Å². The Bertz CT molecular complexity index is 1030. The molecule has 1 atom stereocenters. The van der Waals surface area contributed by atoms with Gasteiger partial charge in [0.2, 0.25) is 0 Å². The van der Waals surface area contributed by atoms with Gasteiger partial charge in [-0.15, -0.1) is 0 Å². The first kappa shape index (κ1) is 17.8. The molecular weight excluding hydrogens is 370 g/mol. The molecule has 0 radical (unpaired) electrons. The van der Waals surface area contributed by atoms with Crippen molar-refractivity contribution >= 4 is 11.6 Å². The van der Waals surface area contributed by atoms with Gasteiger partial charge in [-0.3, -0.25) is 0 Å². The number of benzene rings is 3. The molecule has 138 valence electrons. The van der Waals surface area contributed by atoms with Crippen LogP contribution < -0.4 is 9.47 Å². The number of methoxy groups -OCH3 is 1. The smallest absolute Gasteiger partial charge is 0.173 e. The van der Waals surface area contributed by atoms with E-state index in [1.807, 2.05) is 6.92 Å². The number of rotatable bonds is 3. The Balaban J connectivity index is 1.86. The lowest BCUT2D eigenvalue weighted by atomic mass is 9.92. The topological polar surface area (TPSA) is 18.5 Å². The average Bonchev–Trinajstić information content (AvgIpc) is 3.08. The monoisotopic (exact) mass is 386 g/mol. The Morgan fingerprint density at radius 3 is 2.56 bits per heavy atom. The van der Waals surface area contributed by atoms with E-state index < -0.39 is 11.9 Å². The molecule has 1 unspecified atom stereocenters. The fraction of sp³-hybridized carbons (Fsp3) is 0.182. The van der Waals surface area contributed by atoms with Crippen molar-refractivity contribution in [2.24, 2.45) is 0 Å². The fourth-order valence-electron chi connectivity index (χ4n) is 3.59. The number of ether oxygens (including phenoxy) is 2. The van der Waals surface area contributed by atoms with E-state index in [4.69, 9.17) is 21.1 Å². The molecule has 0 bridgehead atoms. The first-order valence-electron chi connectivity index (χ1n) is 8.57. The summed E-state index contributed by atoms with van der Waals surface area (Å²) in [7, 11) is 1.42. The summed E-state index contributed by atoms with van der Waals surface area (Å²) in [5.41, 5.74) is 2.93. The summed E-state index contributed by atoms with van der Waals surface area (Å²) in [5, 5.41) is 0.418. The first-order chi connectivity index (χ1) is 13.0. The van der Waals surface area contributed by atoms with Crippen LogP contribution in [0.2, 0.25) is 5.02 Å². The lowest BCUT2D eigenvalue weighted by molar-refractivity contribution is 0.233. The van der Waals surface area contributed by atoms with Crippen LogP contribution in [0.25, 0.3) is 11.1 Å². The van der Waals surface area contributed by atoms with Crippen LogP contribution in [0.4, 0.5) is 8.78 Å². The summed E-state index contributed by atoms with van der Waals surface area (Å²) in [6, 6.07) is 13.3. The number of aryl methyl sites for hydroxylation is 1. The third kappa shape index (κ3) is 2.94. The Morgan fingerprint density at radius 1 is 1.04 bits per heavy atom. The van der Waals surface area contributed by atoms with E-state index in [0.29, 0.717) is 33.9 Å². The maximum absolute atomic E-state index is 15.1. The second-order valence-electron chi connectivity index (χ2n) is 6.50. The SMILES string of the molecule is COc1ccc(C)c(-c2c(Cl)ccc3c2CC(c2ccccc2F)O3)c1F. The van der Waals surface area contributed by atoms with Crippen molar-refractivity contribution in [2.75, 3.05) is 7.11 Å². The predicted octanol–water partition coefficient (Wildman–Crippen LogP) is 6.28. The summed E-state index contributed by atoms with van der Waals surface area (Å²) in [6.07, 6.45) is -0.0743. The molecule has 0 saturated carbocycles. The summed E-state index contributed by atoms with van der Waals surface area (Å²) in [5.74, 6) is -0.0630. The minimum atomic E-state index is -0.479. The Morgan fingerprint density at radius 2 is 1.81 bits per heavy atom. The normalized spacial score (nSPS) is 15.4. The maximum Gasteiger partial charge on any atom is 0.173 e. The molecule has 0 aromatic heterocycles. The van der Waals surface area contributed by atoms with Gasteiger partial charge in [0, 0.05) is 33.7 Å². The van der Waals surface area contributed by atoms with Crippen LogP contribution in [0.3, 0.4) is 0 Å². The van der Waals surface area contributed by atoms with Crippen LogP contribution in [0.15, 0.2) is 48.5 Å². The second kappa shape index (κ2) is 6.86. The van der Waals surface area contributed by atoms with Crippen molar-refractivity contribution in [1.82, 2.24) is 0 Å². The molecule has 27 heavy (non-hydrogen) atoms. The van der Waals surface area contributed by atoms with Gasteiger partial charge >= 0.3 is 0 Å². The predicted molar refractivity (Wildman–Crippen MR) is 102 cm³/mol. The molecule has 0 amide bonds. The van der Waals surface area contributed by atoms with Crippen molar-refractivity contribution in [3.05, 3.63) is 81.9 Å². The molecule has 0 spiro atoms. The number of hydrogen-bond donors (Lipinski definition) is 0. The first-order valence-corrected chi connectivity index (χ1v) is 8.95. The number of halogens is 3. The van der Waals surface area contributed by atoms with Crippen molar-refractivity contribution in [3.63, 3.8) is 0 Å². The molecule has 3 aromatic carbocycles. The molecule has 1 heterocycles. The second-order valence-corrected chi connectivity index (χ2v) is 6.91. The molecular formula is C22H17ClF2O2. The summed E-state index contributed by atoms with van der Waals surface area (Å²) >= 11 is 6.47. The highest BCUT2D eigenvalue weighted by molar-refractivity contribution is 6.33. The lowest BCUT2D eigenvalue weighted by Crippen LogP contribution is -2.05. The van der Waals surface area contributed by atoms with E-state index in [1.54, 1.807) is 42.5 Å². The van der Waals surface area contributed by atoms with Crippen LogP contribution in [-0.2, 0) is 6.42 Å². The molecule has 3 aromatic rings. The highest BCUT2D eigenvalue weighted by Gasteiger charge is 2.31. The molecule has 2 nitrogen and oxygen atoms in total. The zero-order valence-corrected chi connectivity index (χ0v) is 15.6. The van der Waals surface area contributed by atoms with Crippen LogP contribution in [0.5, 0.6) is 11.5 Å². The lowest BCUT2D eigenvalue weighted by Gasteiger charge is -2.15. The van der Waals surface area contributed by atoms with Crippen LogP contribution in [-0.4, -0.2) is 7.11 Å². The molecule has 0 N–H and O–H groups in total. The highest BCUT2D eigenvalue weighted by atomic mass is 35.5. The van der Waals surface area contributed by atoms with E-state index in [2.05, 4.69) is 0 Å². The zero-order chi connectivity index (χ0) is 19.1. The third-order valence-corrected chi connectivity index (χ3v) is 5.23. The number of fused-ring (bicyclic) bond motifs is 1. The molecule has 5 heteroatoms. The fourth-order valence-corrected chi connectivity index (χ4v) is 3.86. The van der Waals surface area contributed by atoms with Gasteiger partial charge in [-0.25, -0.2) is 8.78 Å². The van der Waals surface area contributed by atoms with Crippen molar-refractivity contribution in [3.8, 4) is 22.6 Å². The maximum atomic E-state index is 15.1. The zero-order valence-electron chi connectivity index (χ0n) is 14.9. The van der Waals surface area contributed by atoms with Crippen LogP contribution in [0.1, 0.15) is 22.8 Å². The minimum Gasteiger partial charge on any atom is -0.494 e. The quantitative estimate of drug-likeness (QED) is 0.527. The van der Waals surface area contributed by atoms with Crippen molar-refractivity contribution in [1.29, 1.82) is 0 Å². The molecule has 1 aliphatic heterocycles. The van der Waals surface area contributed by atoms with Crippen LogP contribution >= 0.6 is 11.6 Å². The van der Waals surface area contributed by atoms with Gasteiger partial charge in [-0.05, 0) is 36.8 Å². The van der Waals surface area contributed by atoms with E-state index in [9.17, 15) is 4.39 Å². The Labute approximate surface area is 161 Å². The molecule has 0 fully saturated rings. The van der Waals surface area contributed by atoms with Gasteiger partial charge in [0.1, 0.15) is 17.7 Å². The third-order valence-electron chi connectivity index (χ3n) is 4.91. The molecule has 0 saturated heterocycles. The largest absolute Gasteiger partial charge is 0.494 e. The molecule has 4 rings (SSSR count). The van der Waals surface area contributed by atoms with Crippen molar-refractivity contribution < 1.29 is 18.3 Å². The highest BCUT2D eigenvalue weighted by Crippen LogP contribution is 2.47. The van der Waals surface area contributed by atoms with Gasteiger partial charge in [-0.2, -0.15) is 0 Å². The molecule has 1 aliphatic rings. The summed E-state index contributed by atoms with van der Waals surface area (Å²) in [6.45, 7) is 1.82. The van der Waals surface area contributed by atoms with E-state index in [-0.39, 0.29) is 11.6 Å². The van der Waals surface area contributed by atoms with Gasteiger partial charge in [0.15, 0.2) is 11.6 Å².